The summed E-state index contributed by atoms with van der Waals surface area (Å²) in [4.78, 5) is 74.0. The maximum atomic E-state index is 14.1. The number of ether oxygens (including phenoxy) is 2. The third-order valence-electron chi connectivity index (χ3n) is 7.79. The Balaban J connectivity index is 1.55. The number of rotatable bonds is 12. The molecule has 2 aromatic rings. The molecule has 0 spiro atoms. The first kappa shape index (κ1) is 32.1. The molecule has 0 saturated carbocycles. The smallest absolute Gasteiger partial charge is 0.323 e. The number of benzene rings is 1. The molecule has 1 aromatic carbocycles. The number of carboxylic acid groups (broad SMARTS) is 1. The second-order valence-corrected chi connectivity index (χ2v) is 10.3. The van der Waals surface area contributed by atoms with Crippen LogP contribution in [0.1, 0.15) is 12.0 Å². The van der Waals surface area contributed by atoms with Gasteiger partial charge < -0.3 is 34.6 Å². The van der Waals surface area contributed by atoms with Gasteiger partial charge in [-0.15, -0.1) is 0 Å². The lowest BCUT2D eigenvalue weighted by Crippen LogP contribution is -2.70. The van der Waals surface area contributed by atoms with Crippen LogP contribution in [-0.4, -0.2) is 126 Å². The first-order chi connectivity index (χ1) is 21.2. The summed E-state index contributed by atoms with van der Waals surface area (Å²) in [6, 6.07) is 9.88. The van der Waals surface area contributed by atoms with Gasteiger partial charge in [0.2, 0.25) is 11.8 Å². The number of methoxy groups -OCH3 is 2. The van der Waals surface area contributed by atoms with Crippen LogP contribution >= 0.6 is 0 Å². The van der Waals surface area contributed by atoms with Crippen molar-refractivity contribution in [3.8, 4) is 5.75 Å². The fourth-order valence-corrected chi connectivity index (χ4v) is 5.39. The molecule has 4 rings (SSSR count). The van der Waals surface area contributed by atoms with E-state index in [-0.39, 0.29) is 32.0 Å². The molecule has 0 radical (unpaired) electrons. The predicted molar refractivity (Wildman–Crippen MR) is 157 cm³/mol. The Kier molecular flexibility index (Phi) is 10.7. The molecule has 44 heavy (non-hydrogen) atoms. The van der Waals surface area contributed by atoms with E-state index in [9.17, 15) is 29.1 Å². The molecule has 2 aliphatic rings. The maximum absolute atomic E-state index is 14.1. The Morgan fingerprint density at radius 3 is 2.32 bits per heavy atom. The van der Waals surface area contributed by atoms with Crippen molar-refractivity contribution in [1.29, 1.82) is 0 Å². The lowest BCUT2D eigenvalue weighted by molar-refractivity contribution is -0.189. The number of amides is 3. The Labute approximate surface area is 254 Å². The Morgan fingerprint density at radius 2 is 1.73 bits per heavy atom. The summed E-state index contributed by atoms with van der Waals surface area (Å²) >= 11 is 0. The molecule has 2 atom stereocenters. The van der Waals surface area contributed by atoms with Crippen LogP contribution in [0.15, 0.2) is 54.9 Å². The van der Waals surface area contributed by atoms with Crippen molar-refractivity contribution < 1.29 is 38.6 Å². The van der Waals surface area contributed by atoms with E-state index < -0.39 is 36.1 Å². The molecular formula is C30H36N6O8. The molecule has 2 saturated heterocycles. The zero-order chi connectivity index (χ0) is 31.7. The fourth-order valence-electron chi connectivity index (χ4n) is 5.39. The van der Waals surface area contributed by atoms with Crippen molar-refractivity contribution in [2.24, 2.45) is 0 Å². The average Bonchev–Trinajstić information content (AvgIpc) is 3.05. The summed E-state index contributed by atoms with van der Waals surface area (Å²) < 4.78 is 10.7. The van der Waals surface area contributed by atoms with Crippen molar-refractivity contribution in [2.45, 2.75) is 24.7 Å². The summed E-state index contributed by atoms with van der Waals surface area (Å²) in [6.07, 6.45) is 3.97. The highest BCUT2D eigenvalue weighted by Crippen LogP contribution is 2.27. The number of carbonyl (C=O) groups is 4. The second kappa shape index (κ2) is 14.6. The van der Waals surface area contributed by atoms with Crippen molar-refractivity contribution in [1.82, 2.24) is 25.0 Å². The Hall–Kier alpha value is -4.78. The molecular weight excluding hydrogens is 572 g/mol. The van der Waals surface area contributed by atoms with Crippen LogP contribution in [0, 0.1) is 0 Å². The average molecular weight is 609 g/mol. The van der Waals surface area contributed by atoms with Crippen LogP contribution in [0.25, 0.3) is 0 Å². The Morgan fingerprint density at radius 1 is 1.05 bits per heavy atom. The number of carboxylic acids is 1. The number of aliphatic carboxylic acids is 1. The van der Waals surface area contributed by atoms with Crippen LogP contribution in [0.3, 0.4) is 0 Å². The number of nitrogens with zero attached hydrogens (tertiary/aromatic N) is 5. The molecule has 0 aliphatic carbocycles. The minimum Gasteiger partial charge on any atom is -0.497 e. The number of carbonyl (C=O) groups excluding carboxylic acids is 4. The first-order valence-electron chi connectivity index (χ1n) is 14.1. The van der Waals surface area contributed by atoms with E-state index in [1.807, 2.05) is 24.3 Å². The standard InChI is InChI=1S/C30H36N6O8/c1-43-24-5-3-22(4-6-24)20-32-25(19-26(38)34-14-12-33(13-15-34)23-7-10-31-11-8-23)28(41)36-17-16-35(21-27(39)40)29(42)30(36,44-2)9-18-37/h3-11,25,32H,12-17,19-21H2,1-2H3,(H,39,40)/t25-,30-/m0/s1. The topological polar surface area (TPSA) is 162 Å². The van der Waals surface area contributed by atoms with Gasteiger partial charge in [-0.2, -0.15) is 0 Å². The number of anilines is 1. The van der Waals surface area contributed by atoms with Gasteiger partial charge in [-0.3, -0.25) is 29.1 Å². The molecule has 0 bridgehead atoms. The largest absolute Gasteiger partial charge is 0.497 e. The van der Waals surface area contributed by atoms with E-state index in [1.165, 1.54) is 5.94 Å². The molecule has 1 aromatic heterocycles. The predicted octanol–water partition coefficient (Wildman–Crippen LogP) is -0.227. The number of aromatic nitrogens is 1. The maximum Gasteiger partial charge on any atom is 0.323 e. The van der Waals surface area contributed by atoms with Crippen LogP contribution in [0.4, 0.5) is 5.69 Å². The van der Waals surface area contributed by atoms with E-state index in [0.29, 0.717) is 31.9 Å². The number of piperazine rings is 2. The van der Waals surface area contributed by atoms with Gasteiger partial charge in [0, 0.05) is 71.0 Å². The molecule has 14 nitrogen and oxygen atoms in total. The first-order valence-corrected chi connectivity index (χ1v) is 14.1. The van der Waals surface area contributed by atoms with Crippen molar-refractivity contribution in [3.05, 3.63) is 60.4 Å². The van der Waals surface area contributed by atoms with Crippen LogP contribution < -0.4 is 15.0 Å². The Bertz CT molecular complexity index is 1380. The van der Waals surface area contributed by atoms with Gasteiger partial charge in [-0.1, -0.05) is 12.1 Å². The van der Waals surface area contributed by atoms with Crippen molar-refractivity contribution in [2.75, 3.05) is 64.9 Å². The third-order valence-corrected chi connectivity index (χ3v) is 7.79. The quantitative estimate of drug-likeness (QED) is 0.306. The van der Waals surface area contributed by atoms with E-state index in [1.54, 1.807) is 36.5 Å². The molecule has 0 unspecified atom stereocenters. The summed E-state index contributed by atoms with van der Waals surface area (Å²) in [5.41, 5.74) is -0.395. The van der Waals surface area contributed by atoms with Crippen LogP contribution in [0.2, 0.25) is 0 Å². The van der Waals surface area contributed by atoms with Crippen LogP contribution in [-0.2, 0) is 35.3 Å². The van der Waals surface area contributed by atoms with Crippen LogP contribution in [0.5, 0.6) is 5.75 Å². The molecule has 2 N–H and O–H groups in total. The summed E-state index contributed by atoms with van der Waals surface area (Å²) in [6.45, 7) is 1.43. The fraction of sp³-hybridized carbons (Fsp3) is 0.433. The minimum absolute atomic E-state index is 0.106. The highest BCUT2D eigenvalue weighted by atomic mass is 16.5. The summed E-state index contributed by atoms with van der Waals surface area (Å²) in [7, 11) is 2.70. The molecule has 3 heterocycles. The van der Waals surface area contributed by atoms with Gasteiger partial charge in [-0.05, 0) is 29.8 Å². The van der Waals surface area contributed by atoms with Crippen molar-refractivity contribution in [3.63, 3.8) is 0 Å². The van der Waals surface area contributed by atoms with E-state index in [0.717, 1.165) is 34.2 Å². The van der Waals surface area contributed by atoms with E-state index in [4.69, 9.17) is 9.47 Å². The SMILES string of the molecule is COc1ccc(CN[C@@H](CC(=O)N2CCN(c3ccncc3)CC2)C(=O)N2CCN(CC(=O)O)C(=O)[C@]2(C=C=O)OC)cc1. The monoisotopic (exact) mass is 608 g/mol. The van der Waals surface area contributed by atoms with Gasteiger partial charge in [0.05, 0.1) is 25.6 Å². The molecule has 2 fully saturated rings. The third kappa shape index (κ3) is 7.22. The molecule has 234 valence electrons. The van der Waals surface area contributed by atoms with Gasteiger partial charge in [0.1, 0.15) is 18.2 Å². The summed E-state index contributed by atoms with van der Waals surface area (Å²) in [5, 5.41) is 12.4. The van der Waals surface area contributed by atoms with E-state index >= 15 is 0 Å². The number of pyridine rings is 1. The van der Waals surface area contributed by atoms with Gasteiger partial charge in [-0.25, -0.2) is 4.79 Å². The lowest BCUT2D eigenvalue weighted by Gasteiger charge is -2.46. The van der Waals surface area contributed by atoms with Gasteiger partial charge in [0.25, 0.3) is 11.6 Å². The molecule has 2 aliphatic heterocycles. The summed E-state index contributed by atoms with van der Waals surface area (Å²) in [5.74, 6) is -0.872. The zero-order valence-corrected chi connectivity index (χ0v) is 24.7. The lowest BCUT2D eigenvalue weighted by atomic mass is 10.0. The molecule has 14 heteroatoms. The highest BCUT2D eigenvalue weighted by Gasteiger charge is 2.52. The highest BCUT2D eigenvalue weighted by molar-refractivity contribution is 5.98. The minimum atomic E-state index is -2.22. The molecule has 3 amide bonds. The van der Waals surface area contributed by atoms with E-state index in [2.05, 4.69) is 15.2 Å². The number of nitrogens with one attached hydrogen (secondary N) is 1. The van der Waals surface area contributed by atoms with Gasteiger partial charge >= 0.3 is 5.97 Å². The second-order valence-electron chi connectivity index (χ2n) is 10.3. The van der Waals surface area contributed by atoms with Crippen molar-refractivity contribution >= 4 is 35.3 Å². The normalized spacial score (nSPS) is 19.3. The number of hydrogen-bond acceptors (Lipinski definition) is 10. The zero-order valence-electron chi connectivity index (χ0n) is 24.7. The number of hydrogen-bond donors (Lipinski definition) is 2. The van der Waals surface area contributed by atoms with Gasteiger partial charge in [0.15, 0.2) is 0 Å².